The Hall–Kier alpha value is -2.78. The minimum absolute atomic E-state index is 0.346. The van der Waals surface area contributed by atoms with Crippen molar-refractivity contribution in [1.82, 2.24) is 9.62 Å². The van der Waals surface area contributed by atoms with Gasteiger partial charge in [-0.3, -0.25) is 4.79 Å². The lowest BCUT2D eigenvalue weighted by atomic mass is 9.89. The van der Waals surface area contributed by atoms with Gasteiger partial charge < -0.3 is 14.8 Å². The molecule has 0 aromatic heterocycles. The number of fused-ring (bicyclic) bond motifs is 1. The van der Waals surface area contributed by atoms with Crippen molar-refractivity contribution < 1.29 is 22.7 Å². The maximum Gasteiger partial charge on any atom is 0.304 e. The molecule has 3 rings (SSSR count). The molecule has 0 spiro atoms. The molecular formula is C22H29N3O5S. The first kappa shape index (κ1) is 22.9. The monoisotopic (exact) mass is 447 g/mol. The second-order valence-corrected chi connectivity index (χ2v) is 10.3. The van der Waals surface area contributed by atoms with Crippen molar-refractivity contribution in [2.75, 3.05) is 32.1 Å². The Labute approximate surface area is 183 Å². The highest BCUT2D eigenvalue weighted by Gasteiger charge is 2.36. The molecule has 1 atom stereocenters. The molecule has 2 aromatic rings. The molecule has 1 aliphatic heterocycles. The van der Waals surface area contributed by atoms with E-state index in [4.69, 9.17) is 9.47 Å². The summed E-state index contributed by atoms with van der Waals surface area (Å²) in [4.78, 5) is 13.0. The van der Waals surface area contributed by atoms with Crippen LogP contribution in [0.25, 0.3) is 0 Å². The highest BCUT2D eigenvalue weighted by Crippen LogP contribution is 2.41. The van der Waals surface area contributed by atoms with Crippen molar-refractivity contribution >= 4 is 21.8 Å². The highest BCUT2D eigenvalue weighted by molar-refractivity contribution is 7.90. The second-order valence-electron chi connectivity index (χ2n) is 8.22. The molecule has 0 saturated carbocycles. The van der Waals surface area contributed by atoms with E-state index in [0.717, 1.165) is 14.2 Å². The number of ether oxygens (including phenoxy) is 2. The molecule has 1 unspecified atom stereocenters. The number of para-hydroxylation sites is 1. The van der Waals surface area contributed by atoms with E-state index in [-0.39, 0.29) is 12.6 Å². The predicted molar refractivity (Wildman–Crippen MR) is 120 cm³/mol. The summed E-state index contributed by atoms with van der Waals surface area (Å²) in [6.45, 7) is 3.56. The van der Waals surface area contributed by atoms with Gasteiger partial charge in [-0.1, -0.05) is 18.2 Å². The second kappa shape index (κ2) is 8.76. The lowest BCUT2D eigenvalue weighted by Crippen LogP contribution is -2.48. The molecule has 8 nitrogen and oxygen atoms in total. The van der Waals surface area contributed by atoms with Gasteiger partial charge in [0.05, 0.1) is 18.8 Å². The van der Waals surface area contributed by atoms with Crippen LogP contribution in [0.1, 0.15) is 31.9 Å². The van der Waals surface area contributed by atoms with Crippen molar-refractivity contribution in [1.29, 1.82) is 0 Å². The SMILES string of the molecule is COc1ccc2c(c1)C(NC(=O)CN(c1ccccc1)S(=O)(=O)N(C)C)CC(C)(C)O2. The third kappa shape index (κ3) is 5.11. The summed E-state index contributed by atoms with van der Waals surface area (Å²) in [5.74, 6) is 0.913. The number of nitrogens with zero attached hydrogens (tertiary/aromatic N) is 2. The van der Waals surface area contributed by atoms with Crippen LogP contribution in [0.3, 0.4) is 0 Å². The predicted octanol–water partition coefficient (Wildman–Crippen LogP) is 2.73. The summed E-state index contributed by atoms with van der Waals surface area (Å²) in [5.41, 5.74) is 0.725. The first-order valence-electron chi connectivity index (χ1n) is 9.95. The Balaban J connectivity index is 1.88. The number of nitrogens with one attached hydrogen (secondary N) is 1. The quantitative estimate of drug-likeness (QED) is 0.705. The number of hydrogen-bond donors (Lipinski definition) is 1. The van der Waals surface area contributed by atoms with Gasteiger partial charge in [-0.15, -0.1) is 0 Å². The third-order valence-electron chi connectivity index (χ3n) is 5.08. The average Bonchev–Trinajstić information content (AvgIpc) is 2.71. The van der Waals surface area contributed by atoms with E-state index >= 15 is 0 Å². The fourth-order valence-electron chi connectivity index (χ4n) is 3.56. The molecule has 0 saturated heterocycles. The maximum atomic E-state index is 13.0. The van der Waals surface area contributed by atoms with E-state index in [1.165, 1.54) is 14.1 Å². The van der Waals surface area contributed by atoms with Crippen LogP contribution >= 0.6 is 0 Å². The molecule has 31 heavy (non-hydrogen) atoms. The van der Waals surface area contributed by atoms with Crippen molar-refractivity contribution in [3.8, 4) is 11.5 Å². The molecule has 168 valence electrons. The van der Waals surface area contributed by atoms with Gasteiger partial charge >= 0.3 is 10.2 Å². The van der Waals surface area contributed by atoms with E-state index < -0.39 is 21.7 Å². The minimum Gasteiger partial charge on any atom is -0.497 e. The molecule has 0 radical (unpaired) electrons. The van der Waals surface area contributed by atoms with E-state index in [0.29, 0.717) is 23.6 Å². The van der Waals surface area contributed by atoms with E-state index in [1.54, 1.807) is 43.5 Å². The number of hydrogen-bond acceptors (Lipinski definition) is 5. The number of benzene rings is 2. The molecule has 0 bridgehead atoms. The van der Waals surface area contributed by atoms with Gasteiger partial charge in [0, 0.05) is 26.1 Å². The Morgan fingerprint density at radius 2 is 1.87 bits per heavy atom. The van der Waals surface area contributed by atoms with Crippen molar-refractivity contribution in [3.63, 3.8) is 0 Å². The molecule has 1 N–H and O–H groups in total. The van der Waals surface area contributed by atoms with Gasteiger partial charge in [0.25, 0.3) is 0 Å². The standard InChI is InChI=1S/C22H29N3O5S/c1-22(2)14-19(18-13-17(29-5)11-12-20(18)30-22)23-21(26)15-25(31(27,28)24(3)4)16-9-7-6-8-10-16/h6-13,19H,14-15H2,1-5H3,(H,23,26). The summed E-state index contributed by atoms with van der Waals surface area (Å²) < 4.78 is 39.3. The van der Waals surface area contributed by atoms with E-state index in [1.807, 2.05) is 26.0 Å². The first-order valence-corrected chi connectivity index (χ1v) is 11.3. The van der Waals surface area contributed by atoms with Crippen molar-refractivity contribution in [2.45, 2.75) is 31.9 Å². The largest absolute Gasteiger partial charge is 0.497 e. The number of amides is 1. The molecule has 2 aromatic carbocycles. The average molecular weight is 448 g/mol. The Bertz CT molecular complexity index is 1040. The van der Waals surface area contributed by atoms with Gasteiger partial charge in [0.1, 0.15) is 23.6 Å². The number of carbonyl (C=O) groups is 1. The third-order valence-corrected chi connectivity index (χ3v) is 6.90. The molecule has 1 aliphatic rings. The maximum absolute atomic E-state index is 13.0. The van der Waals surface area contributed by atoms with Gasteiger partial charge in [0.15, 0.2) is 0 Å². The zero-order valence-corrected chi connectivity index (χ0v) is 19.3. The van der Waals surface area contributed by atoms with Crippen LogP contribution in [0, 0.1) is 0 Å². The molecule has 9 heteroatoms. The normalized spacial score (nSPS) is 17.4. The number of methoxy groups -OCH3 is 1. The van der Waals surface area contributed by atoms with Crippen molar-refractivity contribution in [2.24, 2.45) is 0 Å². The summed E-state index contributed by atoms with van der Waals surface area (Å²) in [6, 6.07) is 13.7. The topological polar surface area (TPSA) is 88.2 Å². The first-order chi connectivity index (χ1) is 14.5. The fraction of sp³-hybridized carbons (Fsp3) is 0.409. The van der Waals surface area contributed by atoms with Crippen LogP contribution in [-0.4, -0.2) is 52.0 Å². The number of anilines is 1. The summed E-state index contributed by atoms with van der Waals surface area (Å²) in [7, 11) is 0.590. The van der Waals surface area contributed by atoms with Crippen LogP contribution in [0.2, 0.25) is 0 Å². The molecule has 1 amide bonds. The molecular weight excluding hydrogens is 418 g/mol. The van der Waals surface area contributed by atoms with Gasteiger partial charge in [-0.2, -0.15) is 12.7 Å². The summed E-state index contributed by atoms with van der Waals surface area (Å²) >= 11 is 0. The van der Waals surface area contributed by atoms with Gasteiger partial charge in [-0.25, -0.2) is 4.31 Å². The minimum atomic E-state index is -3.86. The Kier molecular flexibility index (Phi) is 6.47. The fourth-order valence-corrected chi connectivity index (χ4v) is 4.62. The van der Waals surface area contributed by atoms with E-state index in [9.17, 15) is 13.2 Å². The van der Waals surface area contributed by atoms with Crippen LogP contribution in [0.4, 0.5) is 5.69 Å². The van der Waals surface area contributed by atoms with Crippen LogP contribution < -0.4 is 19.1 Å². The van der Waals surface area contributed by atoms with Gasteiger partial charge in [-0.05, 0) is 44.2 Å². The van der Waals surface area contributed by atoms with Crippen molar-refractivity contribution in [3.05, 3.63) is 54.1 Å². The van der Waals surface area contributed by atoms with Crippen LogP contribution in [0.5, 0.6) is 11.5 Å². The highest BCUT2D eigenvalue weighted by atomic mass is 32.2. The summed E-state index contributed by atoms with van der Waals surface area (Å²) in [5, 5.41) is 2.99. The molecule has 0 aliphatic carbocycles. The number of carbonyl (C=O) groups excluding carboxylic acids is 1. The lowest BCUT2D eigenvalue weighted by molar-refractivity contribution is -0.120. The zero-order chi connectivity index (χ0) is 22.8. The number of rotatable bonds is 7. The summed E-state index contributed by atoms with van der Waals surface area (Å²) in [6.07, 6.45) is 0.532. The van der Waals surface area contributed by atoms with Gasteiger partial charge in [0.2, 0.25) is 5.91 Å². The smallest absolute Gasteiger partial charge is 0.304 e. The van der Waals surface area contributed by atoms with Crippen LogP contribution in [0.15, 0.2) is 48.5 Å². The van der Waals surface area contributed by atoms with Crippen LogP contribution in [-0.2, 0) is 15.0 Å². The molecule has 1 heterocycles. The van der Waals surface area contributed by atoms with E-state index in [2.05, 4.69) is 5.32 Å². The Morgan fingerprint density at radius 1 is 1.19 bits per heavy atom. The lowest BCUT2D eigenvalue weighted by Gasteiger charge is -2.38. The molecule has 0 fully saturated rings. The zero-order valence-electron chi connectivity index (χ0n) is 18.5. The Morgan fingerprint density at radius 3 is 2.48 bits per heavy atom.